The molecule has 1 atom stereocenters. The molecule has 0 amide bonds. The molecule has 0 radical (unpaired) electrons. The molecule has 0 aliphatic carbocycles. The average molecular weight is 392 g/mol. The van der Waals surface area contributed by atoms with Crippen LogP contribution in [0.2, 0.25) is 5.82 Å². The Labute approximate surface area is 168 Å². The van der Waals surface area contributed by atoms with E-state index >= 15 is 0 Å². The molecule has 0 saturated heterocycles. The highest BCUT2D eigenvalue weighted by molar-refractivity contribution is 7.15. The van der Waals surface area contributed by atoms with Crippen LogP contribution in [-0.2, 0) is 0 Å². The van der Waals surface area contributed by atoms with E-state index in [0.717, 1.165) is 33.4 Å². The van der Waals surface area contributed by atoms with E-state index < -0.39 is 0 Å². The Morgan fingerprint density at radius 2 is 2.18 bits per heavy atom. The van der Waals surface area contributed by atoms with Gasteiger partial charge in [-0.2, -0.15) is 0 Å². The maximum absolute atomic E-state index is 6.17. The molecule has 0 aliphatic heterocycles. The average Bonchev–Trinajstić information content (AvgIpc) is 3.28. The van der Waals surface area contributed by atoms with Gasteiger partial charge in [0.05, 0.1) is 18.5 Å². The predicted molar refractivity (Wildman–Crippen MR) is 116 cm³/mol. The zero-order valence-corrected chi connectivity index (χ0v) is 16.8. The largest absolute Gasteiger partial charge is 0.497 e. The maximum atomic E-state index is 6.17. The van der Waals surface area contributed by atoms with E-state index in [1.54, 1.807) is 29.7 Å². The van der Waals surface area contributed by atoms with Gasteiger partial charge >= 0.3 is 0 Å². The molecule has 0 spiro atoms. The molecule has 1 unspecified atom stereocenters. The number of thiazole rings is 1. The van der Waals surface area contributed by atoms with Crippen LogP contribution in [0.25, 0.3) is 27.6 Å². The number of nitrogens with two attached hydrogens (primary N) is 1. The second kappa shape index (κ2) is 7.61. The third-order valence-corrected chi connectivity index (χ3v) is 5.07. The van der Waals surface area contributed by atoms with E-state index in [0.29, 0.717) is 18.3 Å². The van der Waals surface area contributed by atoms with Gasteiger partial charge in [0, 0.05) is 29.9 Å². The molecule has 0 bridgehead atoms. The molecule has 0 fully saturated rings. The zero-order valence-electron chi connectivity index (χ0n) is 16.0. The van der Waals surface area contributed by atoms with Gasteiger partial charge in [0.2, 0.25) is 5.95 Å². The summed E-state index contributed by atoms with van der Waals surface area (Å²) in [6.07, 6.45) is 3.74. The van der Waals surface area contributed by atoms with Crippen molar-refractivity contribution in [3.05, 3.63) is 48.1 Å². The molecule has 3 heterocycles. The molecule has 9 heteroatoms. The lowest BCUT2D eigenvalue weighted by Gasteiger charge is -2.19. The number of rotatable bonds is 6. The zero-order chi connectivity index (χ0) is 19.7. The fourth-order valence-electron chi connectivity index (χ4n) is 3.10. The lowest BCUT2D eigenvalue weighted by atomic mass is 9.90. The number of anilines is 1. The van der Waals surface area contributed by atoms with Gasteiger partial charge in [0.25, 0.3) is 0 Å². The highest BCUT2D eigenvalue weighted by atomic mass is 32.1. The first-order valence-electron chi connectivity index (χ1n) is 9.02. The molecule has 0 saturated carbocycles. The van der Waals surface area contributed by atoms with Crippen molar-refractivity contribution < 1.29 is 4.74 Å². The number of hydrogen-bond acceptors (Lipinski definition) is 7. The van der Waals surface area contributed by atoms with Crippen LogP contribution in [-0.4, -0.2) is 40.9 Å². The normalized spacial score (nSPS) is 12.2. The molecule has 1 aromatic carbocycles. The van der Waals surface area contributed by atoms with Gasteiger partial charge in [-0.05, 0) is 18.2 Å². The molecular formula is C19H21BN6OS. The fourth-order valence-corrected chi connectivity index (χ4v) is 3.81. The number of nitrogens with zero attached hydrogens (tertiary/aromatic N) is 5. The second-order valence-electron chi connectivity index (χ2n) is 6.88. The third kappa shape index (κ3) is 3.46. The van der Waals surface area contributed by atoms with Gasteiger partial charge < -0.3 is 4.74 Å². The Morgan fingerprint density at radius 1 is 1.32 bits per heavy atom. The lowest BCUT2D eigenvalue weighted by Crippen LogP contribution is -2.35. The molecule has 2 N–H and O–H groups in total. The van der Waals surface area contributed by atoms with Crippen LogP contribution in [0.1, 0.15) is 6.92 Å². The Kier molecular flexibility index (Phi) is 5.02. The molecule has 0 aliphatic rings. The number of imidazole rings is 1. The lowest BCUT2D eigenvalue weighted by molar-refractivity contribution is 0.415. The molecule has 142 valence electrons. The number of hydrazine groups is 1. The van der Waals surface area contributed by atoms with Crippen molar-refractivity contribution in [2.24, 2.45) is 5.84 Å². The number of fused-ring (bicyclic) bond motifs is 1. The summed E-state index contributed by atoms with van der Waals surface area (Å²) in [6.45, 7) is 2.78. The number of aromatic nitrogens is 4. The standard InChI is InChI=1S/C19H21BN6OS/c1-12(20)11-26(21)18-22-7-6-15(23-18)17-16(24-19-25(17)8-9-28-19)13-4-3-5-14(10-13)27-2/h3-10,12H,11,20-21H2,1-2H3. The van der Waals surface area contributed by atoms with Crippen LogP contribution < -0.4 is 15.6 Å². The van der Waals surface area contributed by atoms with E-state index in [1.807, 2.05) is 41.9 Å². The summed E-state index contributed by atoms with van der Waals surface area (Å²) in [6, 6.07) is 9.77. The molecule has 3 aromatic heterocycles. The first kappa shape index (κ1) is 18.5. The van der Waals surface area contributed by atoms with Crippen LogP contribution >= 0.6 is 11.3 Å². The first-order valence-corrected chi connectivity index (χ1v) is 9.90. The monoisotopic (exact) mass is 392 g/mol. The van der Waals surface area contributed by atoms with E-state index in [4.69, 9.17) is 20.5 Å². The van der Waals surface area contributed by atoms with Crippen molar-refractivity contribution in [3.63, 3.8) is 0 Å². The number of ether oxygens (including phenoxy) is 1. The SMILES string of the molecule is BC(C)CN(N)c1nccc(-c2c(-c3cccc(OC)c3)nc3sccn23)n1. The van der Waals surface area contributed by atoms with Gasteiger partial charge in [-0.25, -0.2) is 20.8 Å². The second-order valence-corrected chi connectivity index (χ2v) is 7.76. The van der Waals surface area contributed by atoms with Crippen molar-refractivity contribution in [1.29, 1.82) is 0 Å². The van der Waals surface area contributed by atoms with Crippen molar-refractivity contribution >= 4 is 30.1 Å². The quantitative estimate of drug-likeness (QED) is 0.309. The highest BCUT2D eigenvalue weighted by Crippen LogP contribution is 2.34. The van der Waals surface area contributed by atoms with Gasteiger partial charge in [-0.1, -0.05) is 24.9 Å². The predicted octanol–water partition coefficient (Wildman–Crippen LogP) is 2.65. The van der Waals surface area contributed by atoms with E-state index in [-0.39, 0.29) is 0 Å². The van der Waals surface area contributed by atoms with Crippen LogP contribution in [0, 0.1) is 0 Å². The summed E-state index contributed by atoms with van der Waals surface area (Å²) in [5.41, 5.74) is 3.50. The van der Waals surface area contributed by atoms with Gasteiger partial charge in [0.1, 0.15) is 19.3 Å². The molecular weight excluding hydrogens is 371 g/mol. The molecule has 7 nitrogen and oxygen atoms in total. The van der Waals surface area contributed by atoms with Crippen LogP contribution in [0.4, 0.5) is 5.95 Å². The summed E-state index contributed by atoms with van der Waals surface area (Å²) in [5, 5.41) is 3.60. The van der Waals surface area contributed by atoms with Crippen molar-refractivity contribution in [2.45, 2.75) is 12.7 Å². The maximum Gasteiger partial charge on any atom is 0.240 e. The summed E-state index contributed by atoms with van der Waals surface area (Å²) in [4.78, 5) is 14.8. The Bertz CT molecular complexity index is 1110. The minimum absolute atomic E-state index is 0.406. The third-order valence-electron chi connectivity index (χ3n) is 4.31. The van der Waals surface area contributed by atoms with Crippen molar-refractivity contribution in [2.75, 3.05) is 18.7 Å². The number of methoxy groups -OCH3 is 1. The van der Waals surface area contributed by atoms with Crippen molar-refractivity contribution in [3.8, 4) is 28.4 Å². The Balaban J connectivity index is 1.85. The summed E-state index contributed by atoms with van der Waals surface area (Å²) >= 11 is 1.58. The van der Waals surface area contributed by atoms with E-state index in [9.17, 15) is 0 Å². The minimum atomic E-state index is 0.406. The Hall–Kier alpha value is -2.91. The van der Waals surface area contributed by atoms with Gasteiger partial charge in [-0.3, -0.25) is 9.41 Å². The van der Waals surface area contributed by atoms with Crippen LogP contribution in [0.5, 0.6) is 5.75 Å². The number of hydrogen-bond donors (Lipinski definition) is 1. The minimum Gasteiger partial charge on any atom is -0.497 e. The summed E-state index contributed by atoms with van der Waals surface area (Å²) in [5.74, 6) is 7.85. The fraction of sp³-hybridized carbons (Fsp3) is 0.211. The molecule has 4 rings (SSSR count). The Morgan fingerprint density at radius 3 is 2.96 bits per heavy atom. The highest BCUT2D eigenvalue weighted by Gasteiger charge is 2.19. The summed E-state index contributed by atoms with van der Waals surface area (Å²) < 4.78 is 7.43. The van der Waals surface area contributed by atoms with E-state index in [2.05, 4.69) is 24.2 Å². The number of benzene rings is 1. The first-order chi connectivity index (χ1) is 13.6. The smallest absolute Gasteiger partial charge is 0.240 e. The van der Waals surface area contributed by atoms with E-state index in [1.165, 1.54) is 0 Å². The van der Waals surface area contributed by atoms with Crippen LogP contribution in [0.15, 0.2) is 48.1 Å². The summed E-state index contributed by atoms with van der Waals surface area (Å²) in [7, 11) is 3.77. The van der Waals surface area contributed by atoms with Crippen LogP contribution in [0.3, 0.4) is 0 Å². The molecule has 28 heavy (non-hydrogen) atoms. The van der Waals surface area contributed by atoms with Crippen molar-refractivity contribution in [1.82, 2.24) is 19.4 Å². The topological polar surface area (TPSA) is 81.6 Å². The van der Waals surface area contributed by atoms with Gasteiger partial charge in [-0.15, -0.1) is 11.3 Å². The van der Waals surface area contributed by atoms with Gasteiger partial charge in [0.15, 0.2) is 4.96 Å². The molecule has 4 aromatic rings.